The smallest absolute Gasteiger partial charge is 0.126 e. The lowest BCUT2D eigenvalue weighted by Gasteiger charge is -2.02. The Kier molecular flexibility index (Phi) is 4.67. The summed E-state index contributed by atoms with van der Waals surface area (Å²) in [6, 6.07) is 4.45. The Hall–Kier alpha value is -1.44. The van der Waals surface area contributed by atoms with Crippen LogP contribution in [0.5, 0.6) is 11.5 Å². The average molecular weight is 180 g/mol. The molecule has 2 N–H and O–H groups in total. The maximum Gasteiger partial charge on any atom is 0.126 e. The number of hydrogen-bond acceptors (Lipinski definition) is 2. The molecule has 0 aliphatic heterocycles. The minimum absolute atomic E-state index is 0.0625. The summed E-state index contributed by atoms with van der Waals surface area (Å²) in [5, 5.41) is 18.2. The van der Waals surface area contributed by atoms with Crippen molar-refractivity contribution in [3.8, 4) is 11.5 Å². The second kappa shape index (κ2) is 5.25. The van der Waals surface area contributed by atoms with Crippen molar-refractivity contribution in [1.82, 2.24) is 0 Å². The number of benzene rings is 1. The summed E-state index contributed by atoms with van der Waals surface area (Å²) in [6.07, 6.45) is 0. The molecule has 0 aliphatic rings. The van der Waals surface area contributed by atoms with E-state index >= 15 is 0 Å². The van der Waals surface area contributed by atoms with Gasteiger partial charge in [0.1, 0.15) is 11.5 Å². The predicted molar refractivity (Wildman–Crippen MR) is 55.8 cm³/mol. The van der Waals surface area contributed by atoms with E-state index in [4.69, 9.17) is 5.11 Å². The molecule has 0 atom stereocenters. The van der Waals surface area contributed by atoms with Gasteiger partial charge < -0.3 is 10.2 Å². The highest BCUT2D eigenvalue weighted by atomic mass is 16.3. The molecule has 13 heavy (non-hydrogen) atoms. The maximum absolute atomic E-state index is 9.24. The van der Waals surface area contributed by atoms with Gasteiger partial charge in [0.2, 0.25) is 0 Å². The van der Waals surface area contributed by atoms with Crippen LogP contribution in [-0.4, -0.2) is 10.2 Å². The van der Waals surface area contributed by atoms with E-state index in [2.05, 4.69) is 6.58 Å². The van der Waals surface area contributed by atoms with Gasteiger partial charge in [-0.05, 0) is 24.6 Å². The number of allylic oxidation sites excluding steroid dienone is 1. The molecular weight excluding hydrogens is 164 g/mol. The standard InChI is InChI=1S/C9H10O2.C2H6/c1-6(2)8-4-3-7(10)5-9(8)11;1-2/h3-5,10-11H,1H2,2H3;1-2H3. The summed E-state index contributed by atoms with van der Waals surface area (Å²) in [4.78, 5) is 0. The van der Waals surface area contributed by atoms with E-state index in [1.807, 2.05) is 13.8 Å². The number of rotatable bonds is 1. The zero-order chi connectivity index (χ0) is 10.4. The van der Waals surface area contributed by atoms with Crippen LogP contribution in [0.25, 0.3) is 5.57 Å². The van der Waals surface area contributed by atoms with Crippen molar-refractivity contribution >= 4 is 5.57 Å². The van der Waals surface area contributed by atoms with Crippen LogP contribution in [0.4, 0.5) is 0 Å². The Bertz CT molecular complexity index is 290. The highest BCUT2D eigenvalue weighted by molar-refractivity contribution is 5.67. The molecular formula is C11H16O2. The van der Waals surface area contributed by atoms with Crippen LogP contribution in [0.2, 0.25) is 0 Å². The van der Waals surface area contributed by atoms with Crippen LogP contribution in [0, 0.1) is 0 Å². The second-order valence-corrected chi connectivity index (χ2v) is 2.48. The molecule has 0 aromatic heterocycles. The molecule has 0 amide bonds. The molecule has 0 radical (unpaired) electrons. The van der Waals surface area contributed by atoms with Crippen molar-refractivity contribution in [3.63, 3.8) is 0 Å². The lowest BCUT2D eigenvalue weighted by Crippen LogP contribution is -1.78. The van der Waals surface area contributed by atoms with Gasteiger partial charge in [-0.2, -0.15) is 0 Å². The molecule has 0 saturated carbocycles. The SMILES string of the molecule is C=C(C)c1ccc(O)cc1O.CC. The number of phenols is 2. The van der Waals surface area contributed by atoms with Gasteiger partial charge in [0.05, 0.1) is 0 Å². The first kappa shape index (κ1) is 11.6. The molecule has 0 spiro atoms. The van der Waals surface area contributed by atoms with Gasteiger partial charge in [0, 0.05) is 11.6 Å². The second-order valence-electron chi connectivity index (χ2n) is 2.48. The molecule has 0 aliphatic carbocycles. The van der Waals surface area contributed by atoms with E-state index in [1.165, 1.54) is 12.1 Å². The quantitative estimate of drug-likeness (QED) is 0.697. The van der Waals surface area contributed by atoms with Crippen molar-refractivity contribution in [1.29, 1.82) is 0 Å². The minimum atomic E-state index is 0.0625. The molecule has 0 bridgehead atoms. The van der Waals surface area contributed by atoms with Crippen LogP contribution in [0.15, 0.2) is 24.8 Å². The zero-order valence-electron chi connectivity index (χ0n) is 8.33. The molecule has 0 fully saturated rings. The van der Waals surface area contributed by atoms with Gasteiger partial charge in [-0.15, -0.1) is 0 Å². The molecule has 0 unspecified atom stereocenters. The Morgan fingerprint density at radius 1 is 1.23 bits per heavy atom. The first-order valence-electron chi connectivity index (χ1n) is 4.29. The van der Waals surface area contributed by atoms with Gasteiger partial charge in [0.15, 0.2) is 0 Å². The summed E-state index contributed by atoms with van der Waals surface area (Å²) < 4.78 is 0. The van der Waals surface area contributed by atoms with Gasteiger partial charge in [-0.25, -0.2) is 0 Å². The lowest BCUT2D eigenvalue weighted by atomic mass is 10.1. The summed E-state index contributed by atoms with van der Waals surface area (Å²) in [7, 11) is 0. The van der Waals surface area contributed by atoms with Crippen LogP contribution in [0.3, 0.4) is 0 Å². The molecule has 2 nitrogen and oxygen atoms in total. The monoisotopic (exact) mass is 180 g/mol. The fourth-order valence-corrected chi connectivity index (χ4v) is 0.881. The van der Waals surface area contributed by atoms with Crippen molar-refractivity contribution in [3.05, 3.63) is 30.3 Å². The highest BCUT2D eigenvalue weighted by Gasteiger charge is 2.00. The fourth-order valence-electron chi connectivity index (χ4n) is 0.881. The predicted octanol–water partition coefficient (Wildman–Crippen LogP) is 3.16. The third-order valence-corrected chi connectivity index (χ3v) is 1.44. The van der Waals surface area contributed by atoms with Gasteiger partial charge in [-0.3, -0.25) is 0 Å². The Morgan fingerprint density at radius 2 is 1.77 bits per heavy atom. The van der Waals surface area contributed by atoms with Gasteiger partial charge in [-0.1, -0.05) is 20.4 Å². The van der Waals surface area contributed by atoms with E-state index in [0.717, 1.165) is 5.57 Å². The number of phenolic OH excluding ortho intramolecular Hbond substituents is 2. The summed E-state index contributed by atoms with van der Waals surface area (Å²) >= 11 is 0. The van der Waals surface area contributed by atoms with Crippen LogP contribution < -0.4 is 0 Å². The number of hydrogen-bond donors (Lipinski definition) is 2. The first-order valence-corrected chi connectivity index (χ1v) is 4.29. The minimum Gasteiger partial charge on any atom is -0.508 e. The number of aromatic hydroxyl groups is 2. The molecule has 1 aromatic carbocycles. The third kappa shape index (κ3) is 3.20. The van der Waals surface area contributed by atoms with Gasteiger partial charge >= 0.3 is 0 Å². The summed E-state index contributed by atoms with van der Waals surface area (Å²) in [6.45, 7) is 9.47. The Morgan fingerprint density at radius 3 is 2.15 bits per heavy atom. The lowest BCUT2D eigenvalue weighted by molar-refractivity contribution is 0.449. The van der Waals surface area contributed by atoms with Crippen LogP contribution in [-0.2, 0) is 0 Å². The van der Waals surface area contributed by atoms with Crippen LogP contribution in [0.1, 0.15) is 26.3 Å². The topological polar surface area (TPSA) is 40.5 Å². The van der Waals surface area contributed by atoms with E-state index in [9.17, 15) is 5.11 Å². The third-order valence-electron chi connectivity index (χ3n) is 1.44. The average Bonchev–Trinajstić information content (AvgIpc) is 2.07. The zero-order valence-corrected chi connectivity index (χ0v) is 8.33. The van der Waals surface area contributed by atoms with E-state index in [1.54, 1.807) is 13.0 Å². The van der Waals surface area contributed by atoms with Crippen molar-refractivity contribution in [2.45, 2.75) is 20.8 Å². The van der Waals surface area contributed by atoms with E-state index in [0.29, 0.717) is 5.56 Å². The highest BCUT2D eigenvalue weighted by Crippen LogP contribution is 2.26. The molecule has 1 aromatic rings. The molecule has 0 saturated heterocycles. The molecule has 0 heterocycles. The first-order chi connectivity index (χ1) is 6.11. The Balaban J connectivity index is 0.000000671. The summed E-state index contributed by atoms with van der Waals surface area (Å²) in [5.41, 5.74) is 1.45. The molecule has 2 heteroatoms. The largest absolute Gasteiger partial charge is 0.508 e. The Labute approximate surface area is 79.2 Å². The van der Waals surface area contributed by atoms with E-state index in [-0.39, 0.29) is 11.5 Å². The summed E-state index contributed by atoms with van der Waals surface area (Å²) in [5.74, 6) is 0.130. The molecule has 72 valence electrons. The maximum atomic E-state index is 9.24. The fraction of sp³-hybridized carbons (Fsp3) is 0.273. The van der Waals surface area contributed by atoms with Crippen molar-refractivity contribution < 1.29 is 10.2 Å². The van der Waals surface area contributed by atoms with Crippen molar-refractivity contribution in [2.75, 3.05) is 0 Å². The van der Waals surface area contributed by atoms with Gasteiger partial charge in [0.25, 0.3) is 0 Å². The van der Waals surface area contributed by atoms with Crippen molar-refractivity contribution in [2.24, 2.45) is 0 Å². The van der Waals surface area contributed by atoms with E-state index < -0.39 is 0 Å². The van der Waals surface area contributed by atoms with Crippen LogP contribution >= 0.6 is 0 Å². The normalized spacial score (nSPS) is 8.54. The molecule has 1 rings (SSSR count).